The number of aromatic nitrogens is 2. The van der Waals surface area contributed by atoms with E-state index >= 15 is 0 Å². The van der Waals surface area contributed by atoms with Crippen molar-refractivity contribution in [2.45, 2.75) is 57.9 Å². The first-order valence-electron chi connectivity index (χ1n) is 6.22. The van der Waals surface area contributed by atoms with Gasteiger partial charge in [0.1, 0.15) is 5.56 Å². The van der Waals surface area contributed by atoms with Gasteiger partial charge in [-0.2, -0.15) is 5.10 Å². The van der Waals surface area contributed by atoms with Crippen molar-refractivity contribution in [1.29, 1.82) is 0 Å². The van der Waals surface area contributed by atoms with E-state index in [2.05, 4.69) is 5.10 Å². The summed E-state index contributed by atoms with van der Waals surface area (Å²) in [5, 5.41) is 13.8. The van der Waals surface area contributed by atoms with Crippen LogP contribution in [0.25, 0.3) is 0 Å². The van der Waals surface area contributed by atoms with E-state index in [1.807, 2.05) is 25.5 Å². The largest absolute Gasteiger partial charge is 0.478 e. The molecule has 0 bridgehead atoms. The van der Waals surface area contributed by atoms with Crippen molar-refractivity contribution in [2.24, 2.45) is 0 Å². The molecule has 0 aliphatic heterocycles. The van der Waals surface area contributed by atoms with E-state index < -0.39 is 5.97 Å². The molecule has 0 aromatic carbocycles. The maximum absolute atomic E-state index is 11.2. The summed E-state index contributed by atoms with van der Waals surface area (Å²) in [6.45, 7) is 6.00. The Morgan fingerprint density at radius 3 is 2.41 bits per heavy atom. The molecular weight excluding hydrogens is 216 g/mol. The van der Waals surface area contributed by atoms with E-state index in [1.165, 1.54) is 12.8 Å². The van der Waals surface area contributed by atoms with Crippen molar-refractivity contribution in [1.82, 2.24) is 9.78 Å². The smallest absolute Gasteiger partial charge is 0.339 e. The summed E-state index contributed by atoms with van der Waals surface area (Å²) in [4.78, 5) is 11.2. The van der Waals surface area contributed by atoms with Gasteiger partial charge in [-0.25, -0.2) is 4.79 Å². The molecule has 1 aliphatic carbocycles. The molecule has 0 spiro atoms. The first-order valence-corrected chi connectivity index (χ1v) is 6.22. The lowest BCUT2D eigenvalue weighted by atomic mass is 9.90. The van der Waals surface area contributed by atoms with Gasteiger partial charge in [0.2, 0.25) is 0 Å². The first-order chi connectivity index (χ1) is 7.89. The number of hydrogen-bond donors (Lipinski definition) is 1. The standard InChI is InChI=1S/C13H20N2O2/c1-13(2,3)11-10(12(16)17)8-15(14-11)9-6-4-5-7-9/h8-9H,4-7H2,1-3H3,(H,16,17). The molecule has 0 radical (unpaired) electrons. The fourth-order valence-corrected chi connectivity index (χ4v) is 2.46. The summed E-state index contributed by atoms with van der Waals surface area (Å²) in [5.74, 6) is -0.876. The molecule has 1 aromatic rings. The van der Waals surface area contributed by atoms with Gasteiger partial charge in [0.15, 0.2) is 0 Å². The number of nitrogens with zero attached hydrogens (tertiary/aromatic N) is 2. The van der Waals surface area contributed by atoms with Gasteiger partial charge in [0.25, 0.3) is 0 Å². The number of rotatable bonds is 2. The van der Waals surface area contributed by atoms with Gasteiger partial charge in [-0.15, -0.1) is 0 Å². The van der Waals surface area contributed by atoms with E-state index in [0.29, 0.717) is 17.3 Å². The van der Waals surface area contributed by atoms with E-state index in [9.17, 15) is 9.90 Å². The Morgan fingerprint density at radius 2 is 2.00 bits per heavy atom. The second-order valence-electron chi connectivity index (χ2n) is 5.86. The summed E-state index contributed by atoms with van der Waals surface area (Å²) in [6, 6.07) is 0.393. The average Bonchev–Trinajstić information content (AvgIpc) is 2.85. The van der Waals surface area contributed by atoms with E-state index in [0.717, 1.165) is 12.8 Å². The van der Waals surface area contributed by atoms with Gasteiger partial charge >= 0.3 is 5.97 Å². The number of carboxylic acids is 1. The molecular formula is C13H20N2O2. The Bertz CT molecular complexity index is 423. The zero-order valence-corrected chi connectivity index (χ0v) is 10.7. The van der Waals surface area contributed by atoms with Crippen molar-refractivity contribution in [2.75, 3.05) is 0 Å². The van der Waals surface area contributed by atoms with Crippen LogP contribution in [0.4, 0.5) is 0 Å². The molecule has 17 heavy (non-hydrogen) atoms. The summed E-state index contributed by atoms with van der Waals surface area (Å²) in [6.07, 6.45) is 6.38. The molecule has 1 aromatic heterocycles. The van der Waals surface area contributed by atoms with Crippen LogP contribution in [-0.4, -0.2) is 20.9 Å². The SMILES string of the molecule is CC(C)(C)c1nn(C2CCCC2)cc1C(=O)O. The Hall–Kier alpha value is -1.32. The molecule has 1 aliphatic rings. The third-order valence-electron chi connectivity index (χ3n) is 3.37. The van der Waals surface area contributed by atoms with E-state index in [4.69, 9.17) is 0 Å². The highest BCUT2D eigenvalue weighted by Crippen LogP contribution is 2.32. The minimum absolute atomic E-state index is 0.225. The maximum Gasteiger partial charge on any atom is 0.339 e. The molecule has 4 heteroatoms. The van der Waals surface area contributed by atoms with Crippen molar-refractivity contribution >= 4 is 5.97 Å². The predicted molar refractivity (Wildman–Crippen MR) is 65.4 cm³/mol. The Labute approximate surface area is 102 Å². The maximum atomic E-state index is 11.2. The lowest BCUT2D eigenvalue weighted by molar-refractivity contribution is 0.0694. The van der Waals surface area contributed by atoms with Gasteiger partial charge in [0, 0.05) is 11.6 Å². The topological polar surface area (TPSA) is 55.1 Å². The second-order valence-corrected chi connectivity index (χ2v) is 5.86. The molecule has 0 saturated heterocycles. The van der Waals surface area contributed by atoms with Crippen molar-refractivity contribution < 1.29 is 9.90 Å². The number of aromatic carboxylic acids is 1. The first kappa shape index (κ1) is 12.1. The third kappa shape index (κ3) is 2.35. The lowest BCUT2D eigenvalue weighted by Crippen LogP contribution is -2.17. The fourth-order valence-electron chi connectivity index (χ4n) is 2.46. The molecule has 0 unspecified atom stereocenters. The summed E-state index contributed by atoms with van der Waals surface area (Å²) in [7, 11) is 0. The summed E-state index contributed by atoms with van der Waals surface area (Å²) < 4.78 is 1.87. The molecule has 1 fully saturated rings. The molecule has 94 valence electrons. The summed E-state index contributed by atoms with van der Waals surface area (Å²) >= 11 is 0. The molecule has 1 N–H and O–H groups in total. The Kier molecular flexibility index (Phi) is 2.98. The molecule has 1 saturated carbocycles. The van der Waals surface area contributed by atoms with Crippen molar-refractivity contribution in [3.8, 4) is 0 Å². The highest BCUT2D eigenvalue weighted by atomic mass is 16.4. The number of carbonyl (C=O) groups is 1. The normalized spacial score (nSPS) is 17.6. The van der Waals surface area contributed by atoms with Gasteiger partial charge in [-0.1, -0.05) is 33.6 Å². The number of hydrogen-bond acceptors (Lipinski definition) is 2. The van der Waals surface area contributed by atoms with Crippen molar-refractivity contribution in [3.63, 3.8) is 0 Å². The zero-order chi connectivity index (χ0) is 12.6. The van der Waals surface area contributed by atoms with Gasteiger partial charge < -0.3 is 5.11 Å². The number of carboxylic acid groups (broad SMARTS) is 1. The third-order valence-corrected chi connectivity index (χ3v) is 3.37. The van der Waals surface area contributed by atoms with Crippen LogP contribution in [0.5, 0.6) is 0 Å². The Balaban J connectivity index is 2.40. The highest BCUT2D eigenvalue weighted by Gasteiger charge is 2.28. The van der Waals surface area contributed by atoms with Crippen molar-refractivity contribution in [3.05, 3.63) is 17.5 Å². The lowest BCUT2D eigenvalue weighted by Gasteiger charge is -2.16. The van der Waals surface area contributed by atoms with Crippen LogP contribution in [0.3, 0.4) is 0 Å². The van der Waals surface area contributed by atoms with Crippen LogP contribution in [-0.2, 0) is 5.41 Å². The fraction of sp³-hybridized carbons (Fsp3) is 0.692. The highest BCUT2D eigenvalue weighted by molar-refractivity contribution is 5.89. The van der Waals surface area contributed by atoms with Crippen LogP contribution in [0.1, 0.15) is 68.5 Å². The van der Waals surface area contributed by atoms with Crippen LogP contribution in [0.15, 0.2) is 6.20 Å². The van der Waals surface area contributed by atoms with Gasteiger partial charge in [-0.05, 0) is 12.8 Å². The predicted octanol–water partition coefficient (Wildman–Crippen LogP) is 2.99. The van der Waals surface area contributed by atoms with Gasteiger partial charge in [0.05, 0.1) is 11.7 Å². The molecule has 4 nitrogen and oxygen atoms in total. The molecule has 0 atom stereocenters. The summed E-state index contributed by atoms with van der Waals surface area (Å²) in [5.41, 5.74) is 0.818. The average molecular weight is 236 g/mol. The van der Waals surface area contributed by atoms with Crippen LogP contribution in [0.2, 0.25) is 0 Å². The molecule has 1 heterocycles. The van der Waals surface area contributed by atoms with Crippen LogP contribution < -0.4 is 0 Å². The van der Waals surface area contributed by atoms with Crippen LogP contribution in [0, 0.1) is 0 Å². The second kappa shape index (κ2) is 4.17. The van der Waals surface area contributed by atoms with Gasteiger partial charge in [-0.3, -0.25) is 4.68 Å². The van der Waals surface area contributed by atoms with E-state index in [-0.39, 0.29) is 5.41 Å². The monoisotopic (exact) mass is 236 g/mol. The minimum Gasteiger partial charge on any atom is -0.478 e. The van der Waals surface area contributed by atoms with Crippen LogP contribution >= 0.6 is 0 Å². The van der Waals surface area contributed by atoms with E-state index in [1.54, 1.807) is 6.20 Å². The quantitative estimate of drug-likeness (QED) is 0.858. The molecule has 0 amide bonds. The Morgan fingerprint density at radius 1 is 1.41 bits per heavy atom. The minimum atomic E-state index is -0.876. The molecule has 2 rings (SSSR count). The zero-order valence-electron chi connectivity index (χ0n) is 10.7.